The number of hydrogen-bond acceptors (Lipinski definition) is 3. The molecule has 0 aliphatic carbocycles. The summed E-state index contributed by atoms with van der Waals surface area (Å²) in [5.41, 5.74) is -1.14. The first-order chi connectivity index (χ1) is 6.47. The van der Waals surface area contributed by atoms with Crippen molar-refractivity contribution in [1.82, 2.24) is 0 Å². The molecule has 0 radical (unpaired) electrons. The summed E-state index contributed by atoms with van der Waals surface area (Å²) in [6.45, 7) is 2.52. The highest BCUT2D eigenvalue weighted by atomic mass is 32.2. The molecule has 0 aromatic rings. The Labute approximate surface area is 85.2 Å². The van der Waals surface area contributed by atoms with E-state index in [9.17, 15) is 8.60 Å². The minimum atomic E-state index is -2.13. The Bertz CT molecular complexity index is 279. The molecular formula is C9H18FNO2S. The van der Waals surface area contributed by atoms with E-state index in [-0.39, 0.29) is 0 Å². The number of hydrogen-bond donors (Lipinski definition) is 0. The molecule has 0 spiro atoms. The summed E-state index contributed by atoms with van der Waals surface area (Å²) in [6, 6.07) is 0. The zero-order chi connectivity index (χ0) is 10.7. The van der Waals surface area contributed by atoms with Crippen molar-refractivity contribution in [3.8, 4) is 0 Å². The number of halogens is 1. The van der Waals surface area contributed by atoms with Crippen LogP contribution in [-0.4, -0.2) is 41.6 Å². The van der Waals surface area contributed by atoms with Gasteiger partial charge in [0.2, 0.25) is 0 Å². The van der Waals surface area contributed by atoms with Crippen molar-refractivity contribution >= 4 is 9.73 Å². The van der Waals surface area contributed by atoms with Gasteiger partial charge in [0.1, 0.15) is 5.67 Å². The Morgan fingerprint density at radius 3 is 2.57 bits per heavy atom. The van der Waals surface area contributed by atoms with Crippen LogP contribution < -0.4 is 0 Å². The van der Waals surface area contributed by atoms with Gasteiger partial charge < -0.3 is 4.74 Å². The molecule has 0 unspecified atom stereocenters. The largest absolute Gasteiger partial charge is 0.383 e. The third kappa shape index (κ3) is 3.53. The highest BCUT2D eigenvalue weighted by Crippen LogP contribution is 2.27. The lowest BCUT2D eigenvalue weighted by molar-refractivity contribution is 0.174. The van der Waals surface area contributed by atoms with Crippen molar-refractivity contribution in [2.24, 2.45) is 4.36 Å². The molecule has 84 valence electrons. The Morgan fingerprint density at radius 1 is 1.50 bits per heavy atom. The summed E-state index contributed by atoms with van der Waals surface area (Å²) in [4.78, 5) is 0. The fourth-order valence-corrected chi connectivity index (χ4v) is 3.75. The molecule has 0 amide bonds. The van der Waals surface area contributed by atoms with Crippen LogP contribution in [0, 0.1) is 0 Å². The van der Waals surface area contributed by atoms with E-state index in [1.165, 1.54) is 0 Å². The van der Waals surface area contributed by atoms with Crippen LogP contribution in [0.4, 0.5) is 4.39 Å². The number of rotatable bonds is 3. The van der Waals surface area contributed by atoms with Gasteiger partial charge in [-0.05, 0) is 19.8 Å². The minimum Gasteiger partial charge on any atom is -0.383 e. The van der Waals surface area contributed by atoms with Crippen LogP contribution >= 0.6 is 0 Å². The van der Waals surface area contributed by atoms with Crippen LogP contribution in [0.15, 0.2) is 4.36 Å². The molecule has 0 saturated carbocycles. The van der Waals surface area contributed by atoms with Crippen LogP contribution in [0.25, 0.3) is 0 Å². The van der Waals surface area contributed by atoms with E-state index in [0.29, 0.717) is 37.5 Å². The molecule has 0 aromatic heterocycles. The Hall–Kier alpha value is -0.160. The molecule has 0 bridgehead atoms. The second-order valence-electron chi connectivity index (χ2n) is 3.94. The lowest BCUT2D eigenvalue weighted by atomic mass is 10.0. The molecule has 1 fully saturated rings. The van der Waals surface area contributed by atoms with Crippen LogP contribution in [0.1, 0.15) is 19.8 Å². The Morgan fingerprint density at radius 2 is 2.07 bits per heavy atom. The first kappa shape index (κ1) is 11.9. The van der Waals surface area contributed by atoms with E-state index >= 15 is 0 Å². The molecule has 5 heteroatoms. The SMILES string of the molecule is COCCN=S1(=O)CCC(C)(F)CC1. The molecule has 1 heterocycles. The van der Waals surface area contributed by atoms with Gasteiger partial charge in [-0.25, -0.2) is 13.0 Å². The van der Waals surface area contributed by atoms with Gasteiger partial charge >= 0.3 is 0 Å². The fraction of sp³-hybridized carbons (Fsp3) is 1.00. The normalized spacial score (nSPS) is 38.2. The van der Waals surface area contributed by atoms with Gasteiger partial charge in [0.15, 0.2) is 0 Å². The quantitative estimate of drug-likeness (QED) is 0.682. The van der Waals surface area contributed by atoms with Crippen LogP contribution in [0.5, 0.6) is 0 Å². The van der Waals surface area contributed by atoms with E-state index in [2.05, 4.69) is 4.36 Å². The maximum absolute atomic E-state index is 13.4. The van der Waals surface area contributed by atoms with E-state index in [4.69, 9.17) is 4.74 Å². The molecule has 14 heavy (non-hydrogen) atoms. The van der Waals surface area contributed by atoms with Crippen molar-refractivity contribution in [3.05, 3.63) is 0 Å². The number of alkyl halides is 1. The molecule has 1 aliphatic heterocycles. The number of methoxy groups -OCH3 is 1. The highest BCUT2D eigenvalue weighted by molar-refractivity contribution is 7.93. The third-order valence-corrected chi connectivity index (χ3v) is 4.84. The summed E-state index contributed by atoms with van der Waals surface area (Å²) in [5.74, 6) is 0.785. The van der Waals surface area contributed by atoms with Crippen LogP contribution in [-0.2, 0) is 14.5 Å². The summed E-state index contributed by atoms with van der Waals surface area (Å²) in [5, 5.41) is 0. The smallest absolute Gasteiger partial charge is 0.110 e. The molecule has 1 rings (SSSR count). The molecule has 0 N–H and O–H groups in total. The maximum atomic E-state index is 13.4. The first-order valence-electron chi connectivity index (χ1n) is 4.84. The highest BCUT2D eigenvalue weighted by Gasteiger charge is 2.31. The van der Waals surface area contributed by atoms with Crippen LogP contribution in [0.2, 0.25) is 0 Å². The maximum Gasteiger partial charge on any atom is 0.110 e. The zero-order valence-corrected chi connectivity index (χ0v) is 9.61. The van der Waals surface area contributed by atoms with E-state index in [0.717, 1.165) is 0 Å². The van der Waals surface area contributed by atoms with Gasteiger partial charge in [-0.15, -0.1) is 0 Å². The number of ether oxygens (including phenoxy) is 1. The molecule has 3 nitrogen and oxygen atoms in total. The second kappa shape index (κ2) is 4.57. The van der Waals surface area contributed by atoms with Crippen molar-refractivity contribution in [2.45, 2.75) is 25.4 Å². The van der Waals surface area contributed by atoms with Crippen molar-refractivity contribution in [3.63, 3.8) is 0 Å². The molecule has 1 saturated heterocycles. The average Bonchev–Trinajstić information content (AvgIpc) is 2.12. The lowest BCUT2D eigenvalue weighted by Crippen LogP contribution is -2.32. The van der Waals surface area contributed by atoms with E-state index in [1.807, 2.05) is 0 Å². The van der Waals surface area contributed by atoms with Crippen molar-refractivity contribution in [2.75, 3.05) is 31.8 Å². The first-order valence-corrected chi connectivity index (χ1v) is 6.69. The van der Waals surface area contributed by atoms with Crippen molar-refractivity contribution in [1.29, 1.82) is 0 Å². The van der Waals surface area contributed by atoms with Gasteiger partial charge in [0.25, 0.3) is 0 Å². The topological polar surface area (TPSA) is 38.7 Å². The average molecular weight is 223 g/mol. The summed E-state index contributed by atoms with van der Waals surface area (Å²) >= 11 is 0. The summed E-state index contributed by atoms with van der Waals surface area (Å²) in [6.07, 6.45) is 0.727. The molecule has 0 aromatic carbocycles. The lowest BCUT2D eigenvalue weighted by Gasteiger charge is -2.27. The second-order valence-corrected chi connectivity index (χ2v) is 6.56. The van der Waals surface area contributed by atoms with Gasteiger partial charge in [-0.3, -0.25) is 0 Å². The molecule has 0 atom stereocenters. The zero-order valence-electron chi connectivity index (χ0n) is 8.79. The fourth-order valence-electron chi connectivity index (χ4n) is 1.40. The van der Waals surface area contributed by atoms with Crippen LogP contribution in [0.3, 0.4) is 0 Å². The monoisotopic (exact) mass is 223 g/mol. The van der Waals surface area contributed by atoms with Crippen molar-refractivity contribution < 1.29 is 13.3 Å². The van der Waals surface area contributed by atoms with E-state index < -0.39 is 15.4 Å². The third-order valence-electron chi connectivity index (χ3n) is 2.51. The van der Waals surface area contributed by atoms with Gasteiger partial charge in [-0.1, -0.05) is 0 Å². The summed E-state index contributed by atoms with van der Waals surface area (Å²) in [7, 11) is -0.543. The number of nitrogens with zero attached hydrogens (tertiary/aromatic N) is 1. The van der Waals surface area contributed by atoms with E-state index in [1.54, 1.807) is 14.0 Å². The predicted octanol–water partition coefficient (Wildman–Crippen LogP) is 1.62. The van der Waals surface area contributed by atoms with Gasteiger partial charge in [-0.2, -0.15) is 0 Å². The Balaban J connectivity index is 2.53. The standard InChI is InChI=1S/C9H18FNO2S/c1-9(10)3-7-14(12,8-4-9)11-5-6-13-2/h3-8H2,1-2H3. The molecule has 1 aliphatic rings. The van der Waals surface area contributed by atoms with Gasteiger partial charge in [0, 0.05) is 28.3 Å². The summed E-state index contributed by atoms with van der Waals surface area (Å²) < 4.78 is 34.3. The minimum absolute atomic E-state index is 0.363. The molecular weight excluding hydrogens is 205 g/mol. The Kier molecular flexibility index (Phi) is 3.89. The predicted molar refractivity (Wildman–Crippen MR) is 55.8 cm³/mol. The van der Waals surface area contributed by atoms with Gasteiger partial charge in [0.05, 0.1) is 13.2 Å².